The van der Waals surface area contributed by atoms with Gasteiger partial charge in [0.2, 0.25) is 10.0 Å². The van der Waals surface area contributed by atoms with Crippen molar-refractivity contribution >= 4 is 15.9 Å². The molecule has 0 radical (unpaired) electrons. The predicted molar refractivity (Wildman–Crippen MR) is 67.0 cm³/mol. The minimum atomic E-state index is -3.39. The Morgan fingerprint density at radius 2 is 1.69 bits per heavy atom. The summed E-state index contributed by atoms with van der Waals surface area (Å²) in [5.41, 5.74) is 4.27. The fourth-order valence-corrected chi connectivity index (χ4v) is 2.81. The Balaban J connectivity index is 4.55. The fraction of sp³-hybridized carbons (Fsp3) is 0.900. The third-order valence-corrected chi connectivity index (χ3v) is 3.77. The SMILES string of the molecule is CC(C)(C)CCS(=O)(=O)NC(C)(C)C(=N)N. The molecule has 0 aliphatic rings. The molecule has 0 spiro atoms. The number of nitrogens with one attached hydrogen (secondary N) is 2. The van der Waals surface area contributed by atoms with Crippen LogP contribution in [0.4, 0.5) is 0 Å². The lowest BCUT2D eigenvalue weighted by molar-refractivity contribution is 0.395. The van der Waals surface area contributed by atoms with Gasteiger partial charge in [0, 0.05) is 0 Å². The van der Waals surface area contributed by atoms with Gasteiger partial charge in [-0.15, -0.1) is 0 Å². The van der Waals surface area contributed by atoms with E-state index in [9.17, 15) is 8.42 Å². The molecule has 0 bridgehead atoms. The van der Waals surface area contributed by atoms with E-state index in [1.54, 1.807) is 13.8 Å². The van der Waals surface area contributed by atoms with E-state index in [4.69, 9.17) is 11.1 Å². The van der Waals surface area contributed by atoms with Crippen LogP contribution in [0.25, 0.3) is 0 Å². The number of hydrogen-bond donors (Lipinski definition) is 3. The van der Waals surface area contributed by atoms with Crippen LogP contribution >= 0.6 is 0 Å². The molecule has 0 aromatic heterocycles. The summed E-state index contributed by atoms with van der Waals surface area (Å²) in [6.45, 7) is 9.10. The van der Waals surface area contributed by atoms with Gasteiger partial charge in [-0.3, -0.25) is 5.41 Å². The Morgan fingerprint density at radius 3 is 2.00 bits per heavy atom. The summed E-state index contributed by atoms with van der Waals surface area (Å²) in [4.78, 5) is 0. The zero-order valence-corrected chi connectivity index (χ0v) is 11.5. The maximum Gasteiger partial charge on any atom is 0.212 e. The molecule has 0 unspecified atom stereocenters. The van der Waals surface area contributed by atoms with Crippen molar-refractivity contribution < 1.29 is 8.42 Å². The second-order valence-electron chi connectivity index (χ2n) is 5.77. The first-order valence-corrected chi connectivity index (χ1v) is 6.87. The van der Waals surface area contributed by atoms with Gasteiger partial charge in [0.1, 0.15) is 5.84 Å². The molecular formula is C10H23N3O2S. The first-order chi connectivity index (χ1) is 6.86. The monoisotopic (exact) mass is 249 g/mol. The highest BCUT2D eigenvalue weighted by Crippen LogP contribution is 2.19. The van der Waals surface area contributed by atoms with Crippen LogP contribution in [0, 0.1) is 10.8 Å². The average Bonchev–Trinajstić information content (AvgIpc) is 1.97. The standard InChI is InChI=1S/C10H23N3O2S/c1-9(2,3)6-7-16(14,15)13-10(4,5)8(11)12/h13H,6-7H2,1-5H3,(H3,11,12). The maximum absolute atomic E-state index is 11.7. The summed E-state index contributed by atoms with van der Waals surface area (Å²) < 4.78 is 25.9. The normalized spacial score (nSPS) is 13.8. The van der Waals surface area contributed by atoms with Crippen molar-refractivity contribution in [3.63, 3.8) is 0 Å². The van der Waals surface area contributed by atoms with Gasteiger partial charge in [-0.05, 0) is 25.7 Å². The quantitative estimate of drug-likeness (QED) is 0.502. The van der Waals surface area contributed by atoms with Gasteiger partial charge in [0.05, 0.1) is 11.3 Å². The molecule has 0 aromatic rings. The number of sulfonamides is 1. The first-order valence-electron chi connectivity index (χ1n) is 5.22. The van der Waals surface area contributed by atoms with Crippen molar-refractivity contribution in [1.82, 2.24) is 4.72 Å². The van der Waals surface area contributed by atoms with Crippen LogP contribution in [-0.2, 0) is 10.0 Å². The Hall–Kier alpha value is -0.620. The van der Waals surface area contributed by atoms with Crippen LogP contribution in [0.2, 0.25) is 0 Å². The summed E-state index contributed by atoms with van der Waals surface area (Å²) in [5, 5.41) is 7.28. The largest absolute Gasteiger partial charge is 0.386 e. The van der Waals surface area contributed by atoms with Gasteiger partial charge in [0.15, 0.2) is 0 Å². The molecular weight excluding hydrogens is 226 g/mol. The van der Waals surface area contributed by atoms with Crippen molar-refractivity contribution in [3.8, 4) is 0 Å². The molecule has 0 heterocycles. The molecule has 0 saturated carbocycles. The Kier molecular flexibility index (Phi) is 4.53. The van der Waals surface area contributed by atoms with Crippen LogP contribution in [0.3, 0.4) is 0 Å². The van der Waals surface area contributed by atoms with E-state index in [-0.39, 0.29) is 17.0 Å². The highest BCUT2D eigenvalue weighted by atomic mass is 32.2. The Bertz CT molecular complexity index is 353. The molecule has 96 valence electrons. The van der Waals surface area contributed by atoms with E-state index in [2.05, 4.69) is 4.72 Å². The van der Waals surface area contributed by atoms with Crippen molar-refractivity contribution in [3.05, 3.63) is 0 Å². The van der Waals surface area contributed by atoms with Crippen molar-refractivity contribution in [2.75, 3.05) is 5.75 Å². The molecule has 0 atom stereocenters. The third-order valence-electron chi connectivity index (χ3n) is 2.20. The first kappa shape index (κ1) is 15.4. The molecule has 0 rings (SSSR count). The lowest BCUT2D eigenvalue weighted by atomic mass is 9.94. The van der Waals surface area contributed by atoms with E-state index in [0.29, 0.717) is 6.42 Å². The molecule has 0 saturated heterocycles. The third kappa shape index (κ3) is 6.07. The number of rotatable bonds is 5. The smallest absolute Gasteiger partial charge is 0.212 e. The summed E-state index contributed by atoms with van der Waals surface area (Å²) in [6.07, 6.45) is 0.566. The molecule has 0 aliphatic carbocycles. The predicted octanol–water partition coefficient (Wildman–Crippen LogP) is 1.06. The molecule has 5 nitrogen and oxygen atoms in total. The van der Waals surface area contributed by atoms with Crippen LogP contribution in [0.1, 0.15) is 41.0 Å². The van der Waals surface area contributed by atoms with Crippen LogP contribution < -0.4 is 10.5 Å². The maximum atomic E-state index is 11.7. The van der Waals surface area contributed by atoms with Crippen LogP contribution in [0.15, 0.2) is 0 Å². The fourth-order valence-electron chi connectivity index (χ4n) is 0.935. The second-order valence-corrected chi connectivity index (χ2v) is 7.61. The summed E-state index contributed by atoms with van der Waals surface area (Å²) in [6, 6.07) is 0. The van der Waals surface area contributed by atoms with Gasteiger partial charge in [-0.25, -0.2) is 13.1 Å². The number of amidine groups is 1. The van der Waals surface area contributed by atoms with Gasteiger partial charge >= 0.3 is 0 Å². The summed E-state index contributed by atoms with van der Waals surface area (Å²) in [7, 11) is -3.39. The van der Waals surface area contributed by atoms with Gasteiger partial charge < -0.3 is 5.73 Å². The Morgan fingerprint density at radius 1 is 1.25 bits per heavy atom. The average molecular weight is 249 g/mol. The zero-order chi connectivity index (χ0) is 13.2. The lowest BCUT2D eigenvalue weighted by Crippen LogP contribution is -2.53. The van der Waals surface area contributed by atoms with Gasteiger partial charge in [-0.1, -0.05) is 20.8 Å². The highest BCUT2D eigenvalue weighted by molar-refractivity contribution is 7.89. The molecule has 0 aliphatic heterocycles. The molecule has 0 aromatic carbocycles. The van der Waals surface area contributed by atoms with E-state index < -0.39 is 15.6 Å². The number of hydrogen-bond acceptors (Lipinski definition) is 3. The molecule has 16 heavy (non-hydrogen) atoms. The van der Waals surface area contributed by atoms with Crippen molar-refractivity contribution in [2.24, 2.45) is 11.1 Å². The van der Waals surface area contributed by atoms with E-state index >= 15 is 0 Å². The Labute approximate surface area is 98.4 Å². The second kappa shape index (κ2) is 4.71. The molecule has 4 N–H and O–H groups in total. The molecule has 0 fully saturated rings. The van der Waals surface area contributed by atoms with Gasteiger partial charge in [0.25, 0.3) is 0 Å². The van der Waals surface area contributed by atoms with E-state index in [1.165, 1.54) is 0 Å². The minimum Gasteiger partial charge on any atom is -0.386 e. The highest BCUT2D eigenvalue weighted by Gasteiger charge is 2.28. The number of nitrogens with two attached hydrogens (primary N) is 1. The van der Waals surface area contributed by atoms with Gasteiger partial charge in [-0.2, -0.15) is 0 Å². The van der Waals surface area contributed by atoms with E-state index in [0.717, 1.165) is 0 Å². The van der Waals surface area contributed by atoms with Crippen molar-refractivity contribution in [1.29, 1.82) is 5.41 Å². The molecule has 0 amide bonds. The lowest BCUT2D eigenvalue weighted by Gasteiger charge is -2.25. The zero-order valence-electron chi connectivity index (χ0n) is 10.7. The van der Waals surface area contributed by atoms with E-state index in [1.807, 2.05) is 20.8 Å². The van der Waals surface area contributed by atoms with Crippen molar-refractivity contribution in [2.45, 2.75) is 46.6 Å². The van der Waals surface area contributed by atoms with Crippen LogP contribution in [0.5, 0.6) is 0 Å². The molecule has 6 heteroatoms. The topological polar surface area (TPSA) is 96.0 Å². The van der Waals surface area contributed by atoms with Crippen LogP contribution in [-0.4, -0.2) is 25.5 Å². The minimum absolute atomic E-state index is 0.0326. The summed E-state index contributed by atoms with van der Waals surface area (Å²) in [5.74, 6) is -0.139. The summed E-state index contributed by atoms with van der Waals surface area (Å²) >= 11 is 0.